The second-order valence-electron chi connectivity index (χ2n) is 21.9. The number of aliphatic carboxylic acids is 2. The number of nitrogens with zero attached hydrogens (tertiary/aromatic N) is 7. The molecule has 0 radical (unpaired) electrons. The molecule has 2 aliphatic rings. The van der Waals surface area contributed by atoms with Gasteiger partial charge in [0.2, 0.25) is 0 Å². The normalized spacial score (nSPS) is 13.1. The van der Waals surface area contributed by atoms with Crippen LogP contribution in [-0.2, 0) is 42.0 Å². The number of nitrogens with one attached hydrogen (secondary N) is 1. The molecule has 0 amide bonds. The zero-order valence-electron chi connectivity index (χ0n) is 47.7. The number of halogens is 3. The molecule has 2 saturated heterocycles. The number of hydrogen-bond donors (Lipinski definition) is 4. The van der Waals surface area contributed by atoms with Crippen LogP contribution < -0.4 is 5.32 Å². The minimum atomic E-state index is -0.768. The van der Waals surface area contributed by atoms with E-state index < -0.39 is 23.6 Å². The fraction of sp³-hybridized carbons (Fsp3) is 0.155. The first-order chi connectivity index (χ1) is 42.8. The van der Waals surface area contributed by atoms with Crippen LogP contribution in [0, 0.1) is 29.3 Å². The van der Waals surface area contributed by atoms with Gasteiger partial charge in [-0.15, -0.1) is 0 Å². The van der Waals surface area contributed by atoms with Gasteiger partial charge in [-0.1, -0.05) is 121 Å². The summed E-state index contributed by atoms with van der Waals surface area (Å²) >= 11 is 0. The summed E-state index contributed by atoms with van der Waals surface area (Å²) in [6.45, 7) is 2.68. The van der Waals surface area contributed by atoms with Crippen molar-refractivity contribution >= 4 is 50.9 Å². The van der Waals surface area contributed by atoms with Crippen molar-refractivity contribution in [2.75, 3.05) is 26.2 Å². The molecular weight excluding hydrogens is 1120 g/mol. The number of carboxylic acid groups (broad SMARTS) is 2. The van der Waals surface area contributed by atoms with Gasteiger partial charge in [-0.25, -0.2) is 27.2 Å². The number of carbonyl (C=O) groups excluding carboxylic acids is 1. The maximum absolute atomic E-state index is 14.8. The molecule has 9 aromatic carbocycles. The van der Waals surface area contributed by atoms with Gasteiger partial charge in [0.1, 0.15) is 40.8 Å². The standard InChI is InChI=1S/C25H22FN3O2.C21H17FN2O.C21H15FN2O.C4H7NO2/c26-22-12-19(13-28-14-21(15-28)25(30)31)7-9-24(22)29-16-20-11-18(6-8-23(20)27-29)10-17-4-2-1-3-5-17;2*22-19-12-17(14-25)7-9-21(19)24-13-18-11-16(6-8-20(18)23-24)10-15-4-2-1-3-5-15;6-4(7)3-1-5-2-3/h1-9,11-12,16,21H,10,13-15H2,(H,30,31);1-9,11-13,25H,10,14H2;1-9,11-14H,10H2;3,5H,1-2H2,(H,6,7). The number of aldehydes is 1. The monoisotopic (exact) mass is 1180 g/mol. The molecule has 2 fully saturated rings. The van der Waals surface area contributed by atoms with E-state index in [9.17, 15) is 27.6 Å². The quantitative estimate of drug-likeness (QED) is 0.0717. The van der Waals surface area contributed by atoms with Crippen molar-refractivity contribution in [1.82, 2.24) is 39.6 Å². The summed E-state index contributed by atoms with van der Waals surface area (Å²) in [5.41, 5.74) is 12.5. The molecule has 0 saturated carbocycles. The zero-order chi connectivity index (χ0) is 61.1. The Hall–Kier alpha value is -10.3. The summed E-state index contributed by atoms with van der Waals surface area (Å²) < 4.78 is 47.9. The lowest BCUT2D eigenvalue weighted by Crippen LogP contribution is -2.49. The number of aliphatic hydroxyl groups excluding tert-OH is 1. The molecule has 442 valence electrons. The second kappa shape index (κ2) is 27.4. The summed E-state index contributed by atoms with van der Waals surface area (Å²) in [6.07, 6.45) is 8.65. The van der Waals surface area contributed by atoms with Crippen LogP contribution in [-0.4, -0.2) is 94.0 Å². The number of benzene rings is 9. The molecule has 14 rings (SSSR count). The predicted molar refractivity (Wildman–Crippen MR) is 333 cm³/mol. The van der Waals surface area contributed by atoms with Crippen molar-refractivity contribution in [2.45, 2.75) is 32.4 Å². The minimum absolute atomic E-state index is 0.111. The molecule has 17 heteroatoms. The Bertz CT molecular complexity index is 4410. The summed E-state index contributed by atoms with van der Waals surface area (Å²) in [5, 5.41) is 45.5. The Morgan fingerprint density at radius 3 is 1.17 bits per heavy atom. The molecular formula is C71H61F3N8O6. The summed E-state index contributed by atoms with van der Waals surface area (Å²) in [6, 6.07) is 63.2. The lowest BCUT2D eigenvalue weighted by atomic mass is 9.99. The number of likely N-dealkylation sites (tertiary alicyclic amines) is 1. The van der Waals surface area contributed by atoms with Crippen molar-refractivity contribution in [3.8, 4) is 17.1 Å². The first-order valence-corrected chi connectivity index (χ1v) is 28.7. The van der Waals surface area contributed by atoms with Gasteiger partial charge in [0, 0.05) is 73.0 Å². The highest BCUT2D eigenvalue weighted by atomic mass is 19.1. The highest BCUT2D eigenvalue weighted by Gasteiger charge is 2.32. The number of aromatic nitrogens is 6. The number of hydrogen-bond acceptors (Lipinski definition) is 9. The molecule has 12 aromatic rings. The van der Waals surface area contributed by atoms with Crippen molar-refractivity contribution in [3.63, 3.8) is 0 Å². The third-order valence-corrected chi connectivity index (χ3v) is 15.4. The van der Waals surface area contributed by atoms with E-state index in [0.29, 0.717) is 67.2 Å². The van der Waals surface area contributed by atoms with Crippen LogP contribution in [0.15, 0.2) is 219 Å². The fourth-order valence-corrected chi connectivity index (χ4v) is 10.4. The van der Waals surface area contributed by atoms with Gasteiger partial charge in [0.25, 0.3) is 0 Å². The van der Waals surface area contributed by atoms with E-state index in [4.69, 9.17) is 15.3 Å². The molecule has 14 nitrogen and oxygen atoms in total. The molecule has 2 aliphatic heterocycles. The predicted octanol–water partition coefficient (Wildman–Crippen LogP) is 12.4. The van der Waals surface area contributed by atoms with Crippen molar-refractivity contribution in [1.29, 1.82) is 0 Å². The van der Waals surface area contributed by atoms with Gasteiger partial charge in [0.05, 0.1) is 35.0 Å². The molecule has 0 aliphatic carbocycles. The third kappa shape index (κ3) is 14.7. The first kappa shape index (κ1) is 59.4. The SMILES string of the molecule is O=C(O)C1CN(Cc2ccc(-n3cc4cc(Cc5ccccc5)ccc4n3)c(F)c2)C1.O=C(O)C1CNC1.O=Cc1ccc(-n2cc3cc(Cc4ccccc4)ccc3n2)c(F)c1.OCc1ccc(-n2cc3cc(Cc4ccccc4)ccc3n2)c(F)c1. The van der Waals surface area contributed by atoms with Crippen LogP contribution >= 0.6 is 0 Å². The fourth-order valence-electron chi connectivity index (χ4n) is 10.4. The number of carboxylic acids is 2. The van der Waals surface area contributed by atoms with E-state index in [1.165, 1.54) is 56.3 Å². The Labute approximate surface area is 505 Å². The van der Waals surface area contributed by atoms with Crippen LogP contribution in [0.25, 0.3) is 49.8 Å². The van der Waals surface area contributed by atoms with Crippen molar-refractivity contribution in [3.05, 3.63) is 286 Å². The summed E-state index contributed by atoms with van der Waals surface area (Å²) in [5.74, 6) is -3.09. The van der Waals surface area contributed by atoms with Crippen LogP contribution in [0.2, 0.25) is 0 Å². The highest BCUT2D eigenvalue weighted by molar-refractivity contribution is 5.82. The minimum Gasteiger partial charge on any atom is -0.481 e. The molecule has 88 heavy (non-hydrogen) atoms. The van der Waals surface area contributed by atoms with E-state index in [1.54, 1.807) is 39.7 Å². The second-order valence-corrected chi connectivity index (χ2v) is 21.9. The number of fused-ring (bicyclic) bond motifs is 3. The maximum atomic E-state index is 14.8. The van der Waals surface area contributed by atoms with Gasteiger partial charge in [0.15, 0.2) is 0 Å². The number of carbonyl (C=O) groups is 3. The smallest absolute Gasteiger partial charge is 0.309 e. The topological polar surface area (TPSA) is 181 Å². The molecule has 5 heterocycles. The largest absolute Gasteiger partial charge is 0.481 e. The van der Waals surface area contributed by atoms with Gasteiger partial charge in [-0.3, -0.25) is 19.3 Å². The lowest BCUT2D eigenvalue weighted by Gasteiger charge is -2.36. The van der Waals surface area contributed by atoms with Gasteiger partial charge >= 0.3 is 11.9 Å². The van der Waals surface area contributed by atoms with Crippen molar-refractivity contribution < 1.29 is 42.9 Å². The molecule has 0 unspecified atom stereocenters. The van der Waals surface area contributed by atoms with E-state index in [-0.39, 0.29) is 24.3 Å². The Balaban J connectivity index is 0.000000130. The molecule has 4 N–H and O–H groups in total. The lowest BCUT2D eigenvalue weighted by molar-refractivity contribution is -0.148. The maximum Gasteiger partial charge on any atom is 0.309 e. The molecule has 0 bridgehead atoms. The van der Waals surface area contributed by atoms with Crippen LogP contribution in [0.1, 0.15) is 54.9 Å². The Morgan fingerprint density at radius 2 is 0.830 bits per heavy atom. The summed E-state index contributed by atoms with van der Waals surface area (Å²) in [4.78, 5) is 33.6. The Kier molecular flexibility index (Phi) is 18.5. The molecule has 0 spiro atoms. The van der Waals surface area contributed by atoms with Crippen molar-refractivity contribution in [2.24, 2.45) is 11.8 Å². The van der Waals surface area contributed by atoms with Crippen LogP contribution in [0.4, 0.5) is 13.2 Å². The summed E-state index contributed by atoms with van der Waals surface area (Å²) in [7, 11) is 0. The van der Waals surface area contributed by atoms with Crippen LogP contribution in [0.3, 0.4) is 0 Å². The number of aliphatic hydroxyl groups is 1. The molecule has 0 atom stereocenters. The van der Waals surface area contributed by atoms with Gasteiger partial charge in [-0.2, -0.15) is 15.3 Å². The highest BCUT2D eigenvalue weighted by Crippen LogP contribution is 2.27. The van der Waals surface area contributed by atoms with E-state index >= 15 is 0 Å². The first-order valence-electron chi connectivity index (χ1n) is 28.7. The average Bonchev–Trinajstić information content (AvgIpc) is 4.35. The zero-order valence-corrected chi connectivity index (χ0v) is 47.7. The van der Waals surface area contributed by atoms with Gasteiger partial charge < -0.3 is 20.6 Å². The number of rotatable bonds is 15. The van der Waals surface area contributed by atoms with E-state index in [1.807, 2.05) is 108 Å². The van der Waals surface area contributed by atoms with Gasteiger partial charge in [-0.05, 0) is 143 Å². The van der Waals surface area contributed by atoms with E-state index in [2.05, 4.69) is 87.3 Å². The Morgan fingerprint density at radius 1 is 0.455 bits per heavy atom. The average molecular weight is 1180 g/mol. The third-order valence-electron chi connectivity index (χ3n) is 15.4. The van der Waals surface area contributed by atoms with E-state index in [0.717, 1.165) is 57.5 Å². The van der Waals surface area contributed by atoms with Crippen LogP contribution in [0.5, 0.6) is 0 Å². The molecule has 3 aromatic heterocycles.